The van der Waals surface area contributed by atoms with Gasteiger partial charge in [0, 0.05) is 25.7 Å². The van der Waals surface area contributed by atoms with Crippen LogP contribution in [0, 0.1) is 11.8 Å². The molecule has 0 fully saturated rings. The first-order valence-corrected chi connectivity index (χ1v) is 6.91. The summed E-state index contributed by atoms with van der Waals surface area (Å²) in [7, 11) is 0. The third-order valence-electron chi connectivity index (χ3n) is 2.52. The molecule has 0 saturated carbocycles. The van der Waals surface area contributed by atoms with E-state index >= 15 is 0 Å². The van der Waals surface area contributed by atoms with Crippen LogP contribution in [0.2, 0.25) is 0 Å². The van der Waals surface area contributed by atoms with Gasteiger partial charge in [0.2, 0.25) is 0 Å². The topological polar surface area (TPSA) is 15.3 Å². The molecular formula is C14H32N2. The standard InChI is InChI=1S/C14H32N2/c1-7-8-15-14(6)11-16(9-12(2)3)10-13(4)5/h12-15H,7-11H2,1-6H3. The summed E-state index contributed by atoms with van der Waals surface area (Å²) in [4.78, 5) is 2.60. The van der Waals surface area contributed by atoms with Crippen LogP contribution in [0.15, 0.2) is 0 Å². The Balaban J connectivity index is 3.98. The Labute approximate surface area is 103 Å². The van der Waals surface area contributed by atoms with Crippen molar-refractivity contribution in [2.45, 2.75) is 54.0 Å². The highest BCUT2D eigenvalue weighted by Gasteiger charge is 2.12. The van der Waals surface area contributed by atoms with Gasteiger partial charge < -0.3 is 10.2 Å². The predicted octanol–water partition coefficient (Wildman–Crippen LogP) is 2.99. The fraction of sp³-hybridized carbons (Fsp3) is 1.00. The second kappa shape index (κ2) is 9.00. The molecule has 2 nitrogen and oxygen atoms in total. The Kier molecular flexibility index (Phi) is 8.96. The molecule has 16 heavy (non-hydrogen) atoms. The average molecular weight is 228 g/mol. The minimum atomic E-state index is 0.609. The maximum absolute atomic E-state index is 3.57. The van der Waals surface area contributed by atoms with E-state index in [1.54, 1.807) is 0 Å². The number of hydrogen-bond acceptors (Lipinski definition) is 2. The predicted molar refractivity (Wildman–Crippen MR) is 73.9 cm³/mol. The molecule has 0 amide bonds. The zero-order valence-electron chi connectivity index (χ0n) is 12.2. The maximum Gasteiger partial charge on any atom is 0.0166 e. The molecule has 2 heteroatoms. The van der Waals surface area contributed by atoms with Crippen LogP contribution in [0.5, 0.6) is 0 Å². The van der Waals surface area contributed by atoms with Gasteiger partial charge in [-0.2, -0.15) is 0 Å². The maximum atomic E-state index is 3.57. The van der Waals surface area contributed by atoms with E-state index in [-0.39, 0.29) is 0 Å². The molecule has 0 aromatic rings. The fourth-order valence-corrected chi connectivity index (χ4v) is 2.10. The number of nitrogens with zero attached hydrogens (tertiary/aromatic N) is 1. The lowest BCUT2D eigenvalue weighted by molar-refractivity contribution is 0.201. The molecule has 1 unspecified atom stereocenters. The molecule has 98 valence electrons. The van der Waals surface area contributed by atoms with Crippen molar-refractivity contribution in [1.29, 1.82) is 0 Å². The van der Waals surface area contributed by atoms with Gasteiger partial charge in [-0.05, 0) is 31.7 Å². The first kappa shape index (κ1) is 15.9. The lowest BCUT2D eigenvalue weighted by atomic mass is 10.1. The van der Waals surface area contributed by atoms with Gasteiger partial charge in [0.15, 0.2) is 0 Å². The Bertz CT molecular complexity index is 145. The molecule has 0 aromatic carbocycles. The van der Waals surface area contributed by atoms with E-state index < -0.39 is 0 Å². The highest BCUT2D eigenvalue weighted by Crippen LogP contribution is 2.04. The first-order valence-electron chi connectivity index (χ1n) is 6.91. The van der Waals surface area contributed by atoms with Crippen LogP contribution < -0.4 is 5.32 Å². The van der Waals surface area contributed by atoms with E-state index in [2.05, 4.69) is 51.8 Å². The van der Waals surface area contributed by atoms with Crippen molar-refractivity contribution in [3.05, 3.63) is 0 Å². The van der Waals surface area contributed by atoms with E-state index in [0.29, 0.717) is 6.04 Å². The van der Waals surface area contributed by atoms with Gasteiger partial charge in [-0.1, -0.05) is 34.6 Å². The van der Waals surface area contributed by atoms with Crippen LogP contribution in [0.3, 0.4) is 0 Å². The van der Waals surface area contributed by atoms with Gasteiger partial charge in [0.1, 0.15) is 0 Å². The van der Waals surface area contributed by atoms with Gasteiger partial charge in [-0.25, -0.2) is 0 Å². The molecule has 0 radical (unpaired) electrons. The summed E-state index contributed by atoms with van der Waals surface area (Å²) in [6, 6.07) is 0.609. The minimum Gasteiger partial charge on any atom is -0.313 e. The fourth-order valence-electron chi connectivity index (χ4n) is 2.10. The summed E-state index contributed by atoms with van der Waals surface area (Å²) in [5.74, 6) is 1.52. The molecule has 0 aliphatic heterocycles. The van der Waals surface area contributed by atoms with Crippen molar-refractivity contribution in [2.75, 3.05) is 26.2 Å². The molecule has 0 spiro atoms. The molecule has 0 rings (SSSR count). The summed E-state index contributed by atoms with van der Waals surface area (Å²) < 4.78 is 0. The minimum absolute atomic E-state index is 0.609. The van der Waals surface area contributed by atoms with E-state index in [4.69, 9.17) is 0 Å². The molecule has 1 atom stereocenters. The van der Waals surface area contributed by atoms with E-state index in [9.17, 15) is 0 Å². The SMILES string of the molecule is CCCNC(C)CN(CC(C)C)CC(C)C. The third kappa shape index (κ3) is 9.17. The quantitative estimate of drug-likeness (QED) is 0.652. The van der Waals surface area contributed by atoms with E-state index in [1.165, 1.54) is 26.1 Å². The van der Waals surface area contributed by atoms with Crippen LogP contribution in [0.1, 0.15) is 48.0 Å². The summed E-state index contributed by atoms with van der Waals surface area (Å²) in [6.07, 6.45) is 1.22. The third-order valence-corrected chi connectivity index (χ3v) is 2.52. The highest BCUT2D eigenvalue weighted by molar-refractivity contribution is 4.70. The molecule has 0 heterocycles. The molecule has 1 N–H and O–H groups in total. The van der Waals surface area contributed by atoms with Crippen LogP contribution in [0.25, 0.3) is 0 Å². The molecule has 0 saturated heterocycles. The Morgan fingerprint density at radius 2 is 1.38 bits per heavy atom. The Hall–Kier alpha value is -0.0800. The van der Waals surface area contributed by atoms with Crippen LogP contribution >= 0.6 is 0 Å². The van der Waals surface area contributed by atoms with Crippen molar-refractivity contribution in [3.63, 3.8) is 0 Å². The van der Waals surface area contributed by atoms with Crippen LogP contribution in [0.4, 0.5) is 0 Å². The zero-order chi connectivity index (χ0) is 12.6. The largest absolute Gasteiger partial charge is 0.313 e. The number of rotatable bonds is 9. The summed E-state index contributed by atoms with van der Waals surface area (Å²) in [5, 5.41) is 3.57. The highest BCUT2D eigenvalue weighted by atomic mass is 15.1. The molecule has 0 bridgehead atoms. The van der Waals surface area contributed by atoms with Gasteiger partial charge in [0.05, 0.1) is 0 Å². The summed E-state index contributed by atoms with van der Waals surface area (Å²) in [5.41, 5.74) is 0. The van der Waals surface area contributed by atoms with Crippen LogP contribution in [-0.2, 0) is 0 Å². The first-order chi connectivity index (χ1) is 7.45. The average Bonchev–Trinajstić information content (AvgIpc) is 2.12. The molecule has 0 aliphatic carbocycles. The number of nitrogens with one attached hydrogen (secondary N) is 1. The van der Waals surface area contributed by atoms with Crippen molar-refractivity contribution in [3.8, 4) is 0 Å². The molecular weight excluding hydrogens is 196 g/mol. The van der Waals surface area contributed by atoms with Gasteiger partial charge in [0.25, 0.3) is 0 Å². The second-order valence-corrected chi connectivity index (χ2v) is 5.86. The number of hydrogen-bond donors (Lipinski definition) is 1. The summed E-state index contributed by atoms with van der Waals surface area (Å²) >= 11 is 0. The van der Waals surface area contributed by atoms with Gasteiger partial charge >= 0.3 is 0 Å². The molecule has 0 aliphatic rings. The summed E-state index contributed by atoms with van der Waals surface area (Å²) in [6.45, 7) is 18.5. The van der Waals surface area contributed by atoms with E-state index in [1.807, 2.05) is 0 Å². The zero-order valence-corrected chi connectivity index (χ0v) is 12.2. The van der Waals surface area contributed by atoms with Crippen molar-refractivity contribution in [2.24, 2.45) is 11.8 Å². The lowest BCUT2D eigenvalue weighted by Crippen LogP contribution is -2.42. The second-order valence-electron chi connectivity index (χ2n) is 5.86. The Morgan fingerprint density at radius 1 is 0.875 bits per heavy atom. The van der Waals surface area contributed by atoms with Crippen LogP contribution in [-0.4, -0.2) is 37.1 Å². The monoisotopic (exact) mass is 228 g/mol. The van der Waals surface area contributed by atoms with Crippen molar-refractivity contribution >= 4 is 0 Å². The van der Waals surface area contributed by atoms with Crippen molar-refractivity contribution in [1.82, 2.24) is 10.2 Å². The van der Waals surface area contributed by atoms with Gasteiger partial charge in [-0.15, -0.1) is 0 Å². The normalized spacial score (nSPS) is 14.1. The molecule has 0 aromatic heterocycles. The lowest BCUT2D eigenvalue weighted by Gasteiger charge is -2.29. The van der Waals surface area contributed by atoms with E-state index in [0.717, 1.165) is 18.4 Å². The van der Waals surface area contributed by atoms with Crippen molar-refractivity contribution < 1.29 is 0 Å². The van der Waals surface area contributed by atoms with Gasteiger partial charge in [-0.3, -0.25) is 0 Å². The smallest absolute Gasteiger partial charge is 0.0166 e. The Morgan fingerprint density at radius 3 is 1.75 bits per heavy atom.